The monoisotopic (exact) mass is 251 g/mol. The van der Waals surface area contributed by atoms with E-state index in [2.05, 4.69) is 36.3 Å². The lowest BCUT2D eigenvalue weighted by molar-refractivity contribution is -0.192. The zero-order valence-electron chi connectivity index (χ0n) is 9.57. The summed E-state index contributed by atoms with van der Waals surface area (Å²) < 4.78 is 31.7. The van der Waals surface area contributed by atoms with Gasteiger partial charge in [-0.15, -0.1) is 0 Å². The minimum atomic E-state index is -5.08. The molecule has 0 spiro atoms. The van der Waals surface area contributed by atoms with Gasteiger partial charge >= 0.3 is 12.1 Å². The average molecular weight is 251 g/mol. The maximum absolute atomic E-state index is 10.6. The highest BCUT2D eigenvalue weighted by Crippen LogP contribution is 2.13. The first-order chi connectivity index (χ1) is 7.88. The molecule has 98 valence electrons. The van der Waals surface area contributed by atoms with Gasteiger partial charge in [0, 0.05) is 13.1 Å². The van der Waals surface area contributed by atoms with Crippen LogP contribution in [0.1, 0.15) is 19.8 Å². The van der Waals surface area contributed by atoms with E-state index in [1.807, 2.05) is 0 Å². The summed E-state index contributed by atoms with van der Waals surface area (Å²) in [6.45, 7) is 4.53. The van der Waals surface area contributed by atoms with E-state index in [4.69, 9.17) is 9.90 Å². The van der Waals surface area contributed by atoms with E-state index in [-0.39, 0.29) is 0 Å². The zero-order valence-corrected chi connectivity index (χ0v) is 9.57. The summed E-state index contributed by atoms with van der Waals surface area (Å²) >= 11 is 0. The normalized spacial score (nSPS) is 14.2. The molecule has 0 saturated heterocycles. The van der Waals surface area contributed by atoms with Gasteiger partial charge in [0.05, 0.1) is 0 Å². The lowest BCUT2D eigenvalue weighted by Crippen LogP contribution is -2.21. The first kappa shape index (κ1) is 15.5. The van der Waals surface area contributed by atoms with Gasteiger partial charge in [0.15, 0.2) is 0 Å². The van der Waals surface area contributed by atoms with E-state index in [0.717, 1.165) is 6.54 Å². The fraction of sp³-hybridized carbons (Fsp3) is 0.545. The summed E-state index contributed by atoms with van der Waals surface area (Å²) in [7, 11) is 0. The topological polar surface area (TPSA) is 40.5 Å². The van der Waals surface area contributed by atoms with Gasteiger partial charge in [-0.2, -0.15) is 13.2 Å². The molecule has 6 heteroatoms. The largest absolute Gasteiger partial charge is 0.490 e. The van der Waals surface area contributed by atoms with E-state index >= 15 is 0 Å². The highest BCUT2D eigenvalue weighted by molar-refractivity contribution is 5.73. The van der Waals surface area contributed by atoms with Crippen molar-refractivity contribution in [2.75, 3.05) is 13.1 Å². The second kappa shape index (κ2) is 7.76. The van der Waals surface area contributed by atoms with Gasteiger partial charge in [0.1, 0.15) is 0 Å². The number of alkyl halides is 3. The molecule has 0 aliphatic carbocycles. The van der Waals surface area contributed by atoms with E-state index in [1.54, 1.807) is 0 Å². The number of rotatable bonds is 3. The Labute approximate surface area is 98.2 Å². The van der Waals surface area contributed by atoms with Crippen molar-refractivity contribution < 1.29 is 23.1 Å². The third kappa shape index (κ3) is 8.36. The number of carboxylic acids is 1. The first-order valence-corrected chi connectivity index (χ1v) is 5.25. The molecule has 1 aliphatic rings. The van der Waals surface area contributed by atoms with Gasteiger partial charge in [0.2, 0.25) is 0 Å². The van der Waals surface area contributed by atoms with Crippen LogP contribution in [0, 0.1) is 0 Å². The maximum Gasteiger partial charge on any atom is 0.490 e. The van der Waals surface area contributed by atoms with Gasteiger partial charge in [-0.05, 0) is 18.7 Å². The smallest absolute Gasteiger partial charge is 0.475 e. The summed E-state index contributed by atoms with van der Waals surface area (Å²) in [4.78, 5) is 11.2. The van der Waals surface area contributed by atoms with Crippen molar-refractivity contribution >= 4 is 5.97 Å². The van der Waals surface area contributed by atoms with Crippen molar-refractivity contribution in [2.24, 2.45) is 0 Å². The minimum Gasteiger partial charge on any atom is -0.475 e. The summed E-state index contributed by atoms with van der Waals surface area (Å²) in [5.41, 5.74) is 0. The Hall–Kier alpha value is -1.46. The van der Waals surface area contributed by atoms with Crippen molar-refractivity contribution in [1.29, 1.82) is 0 Å². The van der Waals surface area contributed by atoms with Crippen LogP contribution in [0.4, 0.5) is 13.2 Å². The van der Waals surface area contributed by atoms with Crippen molar-refractivity contribution in [3.05, 3.63) is 24.4 Å². The summed E-state index contributed by atoms with van der Waals surface area (Å²) in [5, 5.41) is 7.12. The average Bonchev–Trinajstić information content (AvgIpc) is 2.27. The molecule has 0 radical (unpaired) electrons. The molecule has 17 heavy (non-hydrogen) atoms. The quantitative estimate of drug-likeness (QED) is 0.838. The van der Waals surface area contributed by atoms with Gasteiger partial charge < -0.3 is 10.0 Å². The van der Waals surface area contributed by atoms with Crippen molar-refractivity contribution in [3.63, 3.8) is 0 Å². The number of carboxylic acid groups (broad SMARTS) is 1. The Morgan fingerprint density at radius 2 is 2.00 bits per heavy atom. The van der Waals surface area contributed by atoms with Crippen molar-refractivity contribution in [2.45, 2.75) is 25.9 Å². The van der Waals surface area contributed by atoms with Crippen LogP contribution in [-0.2, 0) is 4.79 Å². The molecule has 0 saturated carbocycles. The molecule has 0 bridgehead atoms. The highest BCUT2D eigenvalue weighted by atomic mass is 19.4. The summed E-state index contributed by atoms with van der Waals surface area (Å²) in [6.07, 6.45) is 6.05. The number of aliphatic carboxylic acids is 1. The Kier molecular flexibility index (Phi) is 7.09. The fourth-order valence-electron chi connectivity index (χ4n) is 1.03. The predicted octanol–water partition coefficient (Wildman–Crippen LogP) is 2.81. The Balaban J connectivity index is 0.000000325. The number of halogens is 3. The summed E-state index contributed by atoms with van der Waals surface area (Å²) in [6, 6.07) is 0. The van der Waals surface area contributed by atoms with Crippen LogP contribution in [0.5, 0.6) is 0 Å². The molecule has 0 fully saturated rings. The second-order valence-electron chi connectivity index (χ2n) is 3.42. The molecular formula is C11H16F3NO2. The number of hydrogen-bond acceptors (Lipinski definition) is 2. The van der Waals surface area contributed by atoms with Crippen LogP contribution in [-0.4, -0.2) is 35.2 Å². The highest BCUT2D eigenvalue weighted by Gasteiger charge is 2.38. The van der Waals surface area contributed by atoms with E-state index in [9.17, 15) is 13.2 Å². The van der Waals surface area contributed by atoms with Crippen LogP contribution >= 0.6 is 0 Å². The third-order valence-corrected chi connectivity index (χ3v) is 1.93. The van der Waals surface area contributed by atoms with Crippen molar-refractivity contribution in [1.82, 2.24) is 4.90 Å². The number of unbranched alkanes of at least 4 members (excludes halogenated alkanes) is 1. The molecule has 0 aromatic rings. The molecular weight excluding hydrogens is 235 g/mol. The molecule has 1 N–H and O–H groups in total. The lowest BCUT2D eigenvalue weighted by Gasteiger charge is -2.19. The van der Waals surface area contributed by atoms with E-state index < -0.39 is 12.1 Å². The van der Waals surface area contributed by atoms with Gasteiger partial charge in [-0.25, -0.2) is 4.79 Å². The SMILES string of the molecule is CCCCN1C=CC=CC1.O=C(O)C(F)(F)F. The zero-order chi connectivity index (χ0) is 13.3. The molecule has 0 atom stereocenters. The summed E-state index contributed by atoms with van der Waals surface area (Å²) in [5.74, 6) is -2.76. The Bertz CT molecular complexity index is 285. The molecule has 0 aromatic carbocycles. The van der Waals surface area contributed by atoms with E-state index in [1.165, 1.54) is 19.4 Å². The molecule has 1 heterocycles. The fourth-order valence-corrected chi connectivity index (χ4v) is 1.03. The molecule has 0 amide bonds. The standard InChI is InChI=1S/C9H15N.C2HF3O2/c1-2-3-7-10-8-5-4-6-9-10;3-2(4,5)1(6)7/h4-6,8H,2-3,7,9H2,1H3;(H,6,7). The number of nitrogens with zero attached hydrogens (tertiary/aromatic N) is 1. The maximum atomic E-state index is 10.6. The lowest BCUT2D eigenvalue weighted by atomic mass is 10.3. The van der Waals surface area contributed by atoms with Crippen molar-refractivity contribution in [3.8, 4) is 0 Å². The van der Waals surface area contributed by atoms with Gasteiger partial charge in [-0.3, -0.25) is 0 Å². The predicted molar refractivity (Wildman–Crippen MR) is 58.5 cm³/mol. The third-order valence-electron chi connectivity index (χ3n) is 1.93. The van der Waals surface area contributed by atoms with Crippen LogP contribution in [0.15, 0.2) is 24.4 Å². The molecule has 1 aliphatic heterocycles. The van der Waals surface area contributed by atoms with E-state index in [0.29, 0.717) is 0 Å². The number of carbonyl (C=O) groups is 1. The molecule has 1 rings (SSSR count). The molecule has 0 unspecified atom stereocenters. The van der Waals surface area contributed by atoms with Crippen LogP contribution in [0.3, 0.4) is 0 Å². The second-order valence-corrected chi connectivity index (χ2v) is 3.42. The number of hydrogen-bond donors (Lipinski definition) is 1. The Morgan fingerprint density at radius 1 is 1.41 bits per heavy atom. The molecule has 0 aromatic heterocycles. The first-order valence-electron chi connectivity index (χ1n) is 5.25. The minimum absolute atomic E-state index is 1.09. The van der Waals surface area contributed by atoms with Crippen LogP contribution < -0.4 is 0 Å². The van der Waals surface area contributed by atoms with Gasteiger partial charge in [0.25, 0.3) is 0 Å². The van der Waals surface area contributed by atoms with Crippen LogP contribution in [0.2, 0.25) is 0 Å². The van der Waals surface area contributed by atoms with Crippen LogP contribution in [0.25, 0.3) is 0 Å². The van der Waals surface area contributed by atoms with Gasteiger partial charge in [-0.1, -0.05) is 25.5 Å². The number of allylic oxidation sites excluding steroid dienone is 2. The molecule has 3 nitrogen and oxygen atoms in total. The Morgan fingerprint density at radius 3 is 2.35 bits per heavy atom.